The van der Waals surface area contributed by atoms with E-state index in [1.165, 1.54) is 11.1 Å². The van der Waals surface area contributed by atoms with Crippen LogP contribution < -0.4 is 0 Å². The number of carbonyl (C=O) groups is 1. The Balaban J connectivity index is 2.78. The quantitative estimate of drug-likeness (QED) is 0.877. The second kappa shape index (κ2) is 5.07. The van der Waals surface area contributed by atoms with Crippen molar-refractivity contribution in [3.8, 4) is 0 Å². The van der Waals surface area contributed by atoms with Gasteiger partial charge in [-0.05, 0) is 22.0 Å². The van der Waals surface area contributed by atoms with Gasteiger partial charge >= 0.3 is 0 Å². The third-order valence-corrected chi connectivity index (χ3v) is 2.17. The fourth-order valence-electron chi connectivity index (χ4n) is 1.00. The van der Waals surface area contributed by atoms with Crippen molar-refractivity contribution in [3.05, 3.63) is 28.5 Å². The molecule has 0 aliphatic rings. The molecule has 0 aliphatic heterocycles. The van der Waals surface area contributed by atoms with Crippen LogP contribution in [0.4, 0.5) is 0 Å². The molecule has 0 radical (unpaired) electrons. The second-order valence-electron chi connectivity index (χ2n) is 2.84. The lowest BCUT2D eigenvalue weighted by Gasteiger charge is -2.15. The summed E-state index contributed by atoms with van der Waals surface area (Å²) in [7, 11) is 1.64. The number of aromatic nitrogens is 1. The fourth-order valence-corrected chi connectivity index (χ4v) is 1.37. The third-order valence-electron chi connectivity index (χ3n) is 1.73. The van der Waals surface area contributed by atoms with Crippen molar-refractivity contribution in [2.45, 2.75) is 0 Å². The molecule has 4 nitrogen and oxygen atoms in total. The maximum atomic E-state index is 11.6. The van der Waals surface area contributed by atoms with Gasteiger partial charge < -0.3 is 10.0 Å². The largest absolute Gasteiger partial charge is 0.395 e. The Morgan fingerprint density at radius 1 is 1.64 bits per heavy atom. The molecule has 1 aromatic heterocycles. The van der Waals surface area contributed by atoms with E-state index in [4.69, 9.17) is 5.11 Å². The molecule has 5 heteroatoms. The molecule has 0 aromatic carbocycles. The van der Waals surface area contributed by atoms with Crippen LogP contribution in [0.5, 0.6) is 0 Å². The average molecular weight is 259 g/mol. The molecule has 1 heterocycles. The van der Waals surface area contributed by atoms with Gasteiger partial charge in [0, 0.05) is 30.5 Å². The average Bonchev–Trinajstić information content (AvgIpc) is 2.17. The zero-order valence-electron chi connectivity index (χ0n) is 7.77. The molecule has 0 saturated carbocycles. The molecule has 1 rings (SSSR count). The van der Waals surface area contributed by atoms with Gasteiger partial charge in [-0.25, -0.2) is 0 Å². The Labute approximate surface area is 90.7 Å². The zero-order chi connectivity index (χ0) is 10.6. The normalized spacial score (nSPS) is 9.93. The Morgan fingerprint density at radius 3 is 2.93 bits per heavy atom. The van der Waals surface area contributed by atoms with Gasteiger partial charge in [-0.1, -0.05) is 0 Å². The van der Waals surface area contributed by atoms with Gasteiger partial charge in [0.25, 0.3) is 5.91 Å². The van der Waals surface area contributed by atoms with Crippen molar-refractivity contribution < 1.29 is 9.90 Å². The highest BCUT2D eigenvalue weighted by Crippen LogP contribution is 2.10. The van der Waals surface area contributed by atoms with Crippen LogP contribution in [0, 0.1) is 0 Å². The van der Waals surface area contributed by atoms with E-state index >= 15 is 0 Å². The van der Waals surface area contributed by atoms with Crippen LogP contribution in [-0.2, 0) is 0 Å². The first-order chi connectivity index (χ1) is 6.65. The van der Waals surface area contributed by atoms with E-state index in [1.54, 1.807) is 19.3 Å². The molecule has 0 saturated heterocycles. The predicted octanol–water partition coefficient (Wildman–Crippen LogP) is 0.908. The van der Waals surface area contributed by atoms with Gasteiger partial charge in [0.15, 0.2) is 0 Å². The standard InChI is InChI=1S/C9H11BrN2O2/c1-12(2-3-13)9(14)7-4-8(10)6-11-5-7/h4-6,13H,2-3H2,1H3. The minimum atomic E-state index is -0.146. The highest BCUT2D eigenvalue weighted by molar-refractivity contribution is 9.10. The van der Waals surface area contributed by atoms with Gasteiger partial charge in [-0.15, -0.1) is 0 Å². The molecule has 0 bridgehead atoms. The lowest BCUT2D eigenvalue weighted by atomic mass is 10.2. The summed E-state index contributed by atoms with van der Waals surface area (Å²) in [5, 5.41) is 8.67. The van der Waals surface area contributed by atoms with Crippen LogP contribution in [0.2, 0.25) is 0 Å². The smallest absolute Gasteiger partial charge is 0.255 e. The summed E-state index contributed by atoms with van der Waals surface area (Å²) in [6.45, 7) is 0.287. The molecule has 0 atom stereocenters. The monoisotopic (exact) mass is 258 g/mol. The second-order valence-corrected chi connectivity index (χ2v) is 3.76. The van der Waals surface area contributed by atoms with E-state index in [0.717, 1.165) is 4.47 Å². The summed E-state index contributed by atoms with van der Waals surface area (Å²) >= 11 is 3.24. The predicted molar refractivity (Wildman–Crippen MR) is 56.0 cm³/mol. The van der Waals surface area contributed by atoms with Gasteiger partial charge in [0.2, 0.25) is 0 Å². The molecule has 0 aliphatic carbocycles. The molecular formula is C9H11BrN2O2. The molecule has 1 N–H and O–H groups in total. The van der Waals surface area contributed by atoms with Crippen LogP contribution in [0.1, 0.15) is 10.4 Å². The van der Waals surface area contributed by atoms with E-state index in [9.17, 15) is 4.79 Å². The Morgan fingerprint density at radius 2 is 2.36 bits per heavy atom. The van der Waals surface area contributed by atoms with Gasteiger partial charge in [-0.3, -0.25) is 9.78 Å². The molecule has 0 unspecified atom stereocenters. The lowest BCUT2D eigenvalue weighted by molar-refractivity contribution is 0.0766. The van der Waals surface area contributed by atoms with E-state index in [-0.39, 0.29) is 12.5 Å². The lowest BCUT2D eigenvalue weighted by Crippen LogP contribution is -2.29. The number of likely N-dealkylation sites (N-methyl/N-ethyl adjacent to an activating group) is 1. The van der Waals surface area contributed by atoms with Crippen molar-refractivity contribution >= 4 is 21.8 Å². The van der Waals surface area contributed by atoms with Crippen LogP contribution in [0.15, 0.2) is 22.9 Å². The number of halogens is 1. The van der Waals surface area contributed by atoms with Crippen LogP contribution >= 0.6 is 15.9 Å². The number of nitrogens with zero attached hydrogens (tertiary/aromatic N) is 2. The van der Waals surface area contributed by atoms with Crippen molar-refractivity contribution in [3.63, 3.8) is 0 Å². The Hall–Kier alpha value is -0.940. The number of pyridine rings is 1. The van der Waals surface area contributed by atoms with Crippen molar-refractivity contribution in [1.29, 1.82) is 0 Å². The number of carbonyl (C=O) groups excluding carboxylic acids is 1. The highest BCUT2D eigenvalue weighted by Gasteiger charge is 2.11. The summed E-state index contributed by atoms with van der Waals surface area (Å²) in [4.78, 5) is 17.0. The molecule has 1 aromatic rings. The van der Waals surface area contributed by atoms with Crippen LogP contribution in [0.3, 0.4) is 0 Å². The van der Waals surface area contributed by atoms with Gasteiger partial charge in [-0.2, -0.15) is 0 Å². The number of rotatable bonds is 3. The first-order valence-electron chi connectivity index (χ1n) is 4.12. The zero-order valence-corrected chi connectivity index (χ0v) is 9.36. The topological polar surface area (TPSA) is 53.4 Å². The minimum absolute atomic E-state index is 0.0380. The molecular weight excluding hydrogens is 248 g/mol. The van der Waals surface area contributed by atoms with Gasteiger partial charge in [0.05, 0.1) is 12.2 Å². The number of amides is 1. The number of hydrogen-bond acceptors (Lipinski definition) is 3. The number of aliphatic hydroxyl groups excluding tert-OH is 1. The summed E-state index contributed by atoms with van der Waals surface area (Å²) in [6.07, 6.45) is 3.11. The van der Waals surface area contributed by atoms with Crippen LogP contribution in [0.25, 0.3) is 0 Å². The maximum absolute atomic E-state index is 11.6. The maximum Gasteiger partial charge on any atom is 0.255 e. The van der Waals surface area contributed by atoms with Crippen molar-refractivity contribution in [1.82, 2.24) is 9.88 Å². The molecule has 0 spiro atoms. The van der Waals surface area contributed by atoms with Gasteiger partial charge in [0.1, 0.15) is 0 Å². The first-order valence-corrected chi connectivity index (χ1v) is 4.91. The van der Waals surface area contributed by atoms with Crippen molar-refractivity contribution in [2.75, 3.05) is 20.2 Å². The molecule has 1 amide bonds. The number of hydrogen-bond donors (Lipinski definition) is 1. The van der Waals surface area contributed by atoms with E-state index < -0.39 is 0 Å². The van der Waals surface area contributed by atoms with Crippen LogP contribution in [-0.4, -0.2) is 41.1 Å². The van der Waals surface area contributed by atoms with E-state index in [1.807, 2.05) is 0 Å². The summed E-state index contributed by atoms with van der Waals surface area (Å²) in [5.74, 6) is -0.146. The number of aliphatic hydroxyl groups is 1. The Kier molecular flexibility index (Phi) is 4.03. The minimum Gasteiger partial charge on any atom is -0.395 e. The summed E-state index contributed by atoms with van der Waals surface area (Å²) < 4.78 is 0.765. The van der Waals surface area contributed by atoms with E-state index in [0.29, 0.717) is 12.1 Å². The first kappa shape index (κ1) is 11.1. The SMILES string of the molecule is CN(CCO)C(=O)c1cncc(Br)c1. The molecule has 76 valence electrons. The summed E-state index contributed by atoms with van der Waals surface area (Å²) in [6, 6.07) is 1.70. The molecule has 0 fully saturated rings. The molecule has 14 heavy (non-hydrogen) atoms. The van der Waals surface area contributed by atoms with E-state index in [2.05, 4.69) is 20.9 Å². The summed E-state index contributed by atoms with van der Waals surface area (Å²) in [5.41, 5.74) is 0.510. The van der Waals surface area contributed by atoms with Crippen molar-refractivity contribution in [2.24, 2.45) is 0 Å². The highest BCUT2D eigenvalue weighted by atomic mass is 79.9. The Bertz CT molecular complexity index is 330. The third kappa shape index (κ3) is 2.78. The fraction of sp³-hybridized carbons (Fsp3) is 0.333.